The Balaban J connectivity index is 5.73. The molecule has 0 N–H and O–H groups in total. The van der Waals surface area contributed by atoms with Gasteiger partial charge in [-0.3, -0.25) is 4.79 Å². The van der Waals surface area contributed by atoms with Gasteiger partial charge in [-0.15, -0.1) is 20.2 Å². The van der Waals surface area contributed by atoms with Crippen LogP contribution < -0.4 is 0 Å². The van der Waals surface area contributed by atoms with Crippen molar-refractivity contribution in [3.05, 3.63) is 20.2 Å². The van der Waals surface area contributed by atoms with Crippen LogP contribution in [0.4, 0.5) is 0 Å². The molecule has 26 heavy (non-hydrogen) atoms. The normalized spacial score (nSPS) is 14.3. The van der Waals surface area contributed by atoms with Gasteiger partial charge in [-0.1, -0.05) is 27.7 Å². The van der Waals surface area contributed by atoms with Gasteiger partial charge in [0.25, 0.3) is 16.6 Å². The molecule has 0 saturated heterocycles. The van der Waals surface area contributed by atoms with Crippen molar-refractivity contribution in [3.63, 3.8) is 0 Å². The van der Waals surface area contributed by atoms with Gasteiger partial charge in [0.2, 0.25) is 0 Å². The molecule has 10 nitrogen and oxygen atoms in total. The Morgan fingerprint density at radius 1 is 0.846 bits per heavy atom. The monoisotopic (exact) mass is 378 g/mol. The van der Waals surface area contributed by atoms with Crippen molar-refractivity contribution in [2.24, 2.45) is 10.8 Å². The predicted molar refractivity (Wildman–Crippen MR) is 92.0 cm³/mol. The van der Waals surface area contributed by atoms with E-state index < -0.39 is 38.3 Å². The highest BCUT2D eigenvalue weighted by Crippen LogP contribution is 2.46. The SMILES string of the molecule is CC(C)(CC(C)(C)C(O[N+](=O)[O-])C(C)(C)CC(C)(C)O[N+](=O)[O-])OC=O. The summed E-state index contributed by atoms with van der Waals surface area (Å²) in [6.07, 6.45) is -0.538. The Labute approximate surface area is 153 Å². The van der Waals surface area contributed by atoms with E-state index in [0.29, 0.717) is 6.47 Å². The third-order valence-electron chi connectivity index (χ3n) is 4.06. The van der Waals surface area contributed by atoms with Crippen LogP contribution in [0.15, 0.2) is 0 Å². The topological polar surface area (TPSA) is 131 Å². The Morgan fingerprint density at radius 3 is 1.62 bits per heavy atom. The minimum atomic E-state index is -1.17. The van der Waals surface area contributed by atoms with E-state index in [9.17, 15) is 25.0 Å². The van der Waals surface area contributed by atoms with Crippen LogP contribution in [-0.2, 0) is 19.2 Å². The van der Waals surface area contributed by atoms with E-state index in [-0.39, 0.29) is 12.8 Å². The van der Waals surface area contributed by atoms with Gasteiger partial charge in [0.1, 0.15) is 17.3 Å². The fraction of sp³-hybridized carbons (Fsp3) is 0.938. The van der Waals surface area contributed by atoms with Gasteiger partial charge in [-0.05, 0) is 51.4 Å². The van der Waals surface area contributed by atoms with Crippen LogP contribution in [0.5, 0.6) is 0 Å². The maximum atomic E-state index is 11.1. The lowest BCUT2D eigenvalue weighted by molar-refractivity contribution is -0.784. The summed E-state index contributed by atoms with van der Waals surface area (Å²) in [5, 5.41) is 20.0. The number of hydrogen-bond donors (Lipinski definition) is 0. The molecule has 0 fully saturated rings. The molecule has 0 radical (unpaired) electrons. The Bertz CT molecular complexity index is 528. The average molecular weight is 378 g/mol. The molecule has 1 atom stereocenters. The molecule has 0 aromatic carbocycles. The summed E-state index contributed by atoms with van der Waals surface area (Å²) in [7, 11) is 0. The highest BCUT2D eigenvalue weighted by molar-refractivity contribution is 5.38. The zero-order valence-corrected chi connectivity index (χ0v) is 16.7. The summed E-state index contributed by atoms with van der Waals surface area (Å²) in [6, 6.07) is 0. The third-order valence-corrected chi connectivity index (χ3v) is 4.06. The van der Waals surface area contributed by atoms with E-state index in [0.717, 1.165) is 0 Å². The molecule has 10 heteroatoms. The van der Waals surface area contributed by atoms with Crippen molar-refractivity contribution in [1.82, 2.24) is 0 Å². The molecule has 0 aromatic rings. The molecule has 0 amide bonds. The minimum absolute atomic E-state index is 0.123. The number of rotatable bonds is 12. The van der Waals surface area contributed by atoms with Crippen LogP contribution >= 0.6 is 0 Å². The first kappa shape index (κ1) is 23.9. The second-order valence-electron chi connectivity index (χ2n) is 9.09. The van der Waals surface area contributed by atoms with Crippen molar-refractivity contribution in [2.45, 2.75) is 85.5 Å². The van der Waals surface area contributed by atoms with E-state index in [1.807, 2.05) is 0 Å². The van der Waals surface area contributed by atoms with E-state index >= 15 is 0 Å². The summed E-state index contributed by atoms with van der Waals surface area (Å²) < 4.78 is 5.07. The van der Waals surface area contributed by atoms with Gasteiger partial charge in [0.15, 0.2) is 0 Å². The summed E-state index contributed by atoms with van der Waals surface area (Å²) in [5.74, 6) is 0. The van der Waals surface area contributed by atoms with Crippen molar-refractivity contribution in [3.8, 4) is 0 Å². The Kier molecular flexibility index (Phi) is 7.39. The Morgan fingerprint density at radius 2 is 1.27 bits per heavy atom. The lowest BCUT2D eigenvalue weighted by atomic mass is 9.65. The van der Waals surface area contributed by atoms with E-state index in [1.54, 1.807) is 41.5 Å². The number of hydrogen-bond acceptors (Lipinski definition) is 8. The number of carbonyl (C=O) groups excluding carboxylic acids is 1. The standard InChI is InChI=1S/C16H30N2O8/c1-13(2,9-15(5,6)24-11-19)12(25-17(20)21)14(3,4)10-16(7,8)26-18(22)23/h11-12H,9-10H2,1-8H3. The van der Waals surface area contributed by atoms with Gasteiger partial charge in [-0.25, -0.2) is 0 Å². The average Bonchev–Trinajstić information content (AvgIpc) is 2.30. The molecule has 0 aliphatic rings. The minimum Gasteiger partial charge on any atom is -0.462 e. The van der Waals surface area contributed by atoms with Crippen LogP contribution in [0.25, 0.3) is 0 Å². The molecule has 0 heterocycles. The number of nitrogens with zero attached hydrogens (tertiary/aromatic N) is 2. The lowest BCUT2D eigenvalue weighted by Crippen LogP contribution is -2.50. The highest BCUT2D eigenvalue weighted by Gasteiger charge is 2.48. The van der Waals surface area contributed by atoms with Gasteiger partial charge in [0, 0.05) is 0 Å². The fourth-order valence-corrected chi connectivity index (χ4v) is 4.22. The predicted octanol–water partition coefficient (Wildman–Crippen LogP) is 3.33. The molecule has 0 rings (SSSR count). The second-order valence-corrected chi connectivity index (χ2v) is 9.09. The first-order chi connectivity index (χ1) is 11.4. The Hall–Kier alpha value is -2.13. The van der Waals surface area contributed by atoms with Crippen LogP contribution in [0.3, 0.4) is 0 Å². The molecule has 0 bridgehead atoms. The van der Waals surface area contributed by atoms with Crippen molar-refractivity contribution in [1.29, 1.82) is 0 Å². The maximum absolute atomic E-state index is 11.1. The number of ether oxygens (including phenoxy) is 1. The maximum Gasteiger partial charge on any atom is 0.295 e. The zero-order valence-electron chi connectivity index (χ0n) is 16.7. The van der Waals surface area contributed by atoms with Gasteiger partial charge in [-0.2, -0.15) is 0 Å². The molecule has 152 valence electrons. The fourth-order valence-electron chi connectivity index (χ4n) is 4.22. The van der Waals surface area contributed by atoms with Crippen LogP contribution in [0.1, 0.15) is 68.2 Å². The lowest BCUT2D eigenvalue weighted by Gasteiger charge is -2.47. The largest absolute Gasteiger partial charge is 0.462 e. The molecule has 0 saturated carbocycles. The van der Waals surface area contributed by atoms with Gasteiger partial charge < -0.3 is 14.4 Å². The van der Waals surface area contributed by atoms with E-state index in [4.69, 9.17) is 14.4 Å². The second kappa shape index (κ2) is 8.05. The summed E-state index contributed by atoms with van der Waals surface area (Å²) in [4.78, 5) is 42.2. The third kappa shape index (κ3) is 7.83. The smallest absolute Gasteiger partial charge is 0.295 e. The van der Waals surface area contributed by atoms with Crippen molar-refractivity contribution >= 4 is 6.47 Å². The molecule has 0 aromatic heterocycles. The summed E-state index contributed by atoms with van der Waals surface area (Å²) >= 11 is 0. The zero-order chi connectivity index (χ0) is 21.0. The quantitative estimate of drug-likeness (QED) is 0.287. The summed E-state index contributed by atoms with van der Waals surface area (Å²) in [6.45, 7) is 13.8. The summed E-state index contributed by atoms with van der Waals surface area (Å²) in [5.41, 5.74) is -3.70. The first-order valence-corrected chi connectivity index (χ1v) is 8.20. The number of carbonyl (C=O) groups is 1. The van der Waals surface area contributed by atoms with Crippen molar-refractivity contribution in [2.75, 3.05) is 0 Å². The van der Waals surface area contributed by atoms with Crippen LogP contribution in [0, 0.1) is 31.1 Å². The molecule has 1 unspecified atom stereocenters. The molecule has 0 aliphatic carbocycles. The van der Waals surface area contributed by atoms with Crippen LogP contribution in [-0.4, -0.2) is 34.0 Å². The van der Waals surface area contributed by atoms with Crippen molar-refractivity contribution < 1.29 is 29.4 Å². The van der Waals surface area contributed by atoms with E-state index in [1.165, 1.54) is 13.8 Å². The molecule has 0 aliphatic heterocycles. The van der Waals surface area contributed by atoms with E-state index in [2.05, 4.69) is 0 Å². The van der Waals surface area contributed by atoms with Gasteiger partial charge in [0.05, 0.1) is 0 Å². The molecular formula is C16H30N2O8. The van der Waals surface area contributed by atoms with Crippen LogP contribution in [0.2, 0.25) is 0 Å². The first-order valence-electron chi connectivity index (χ1n) is 8.20. The highest BCUT2D eigenvalue weighted by atomic mass is 17.0. The molecular weight excluding hydrogens is 348 g/mol. The van der Waals surface area contributed by atoms with Gasteiger partial charge >= 0.3 is 0 Å². The molecule has 0 spiro atoms.